The molecule has 2 unspecified atom stereocenters. The highest BCUT2D eigenvalue weighted by atomic mass is 16.5. The number of carbonyl (C=O) groups excluding carboxylic acids is 1. The van der Waals surface area contributed by atoms with Crippen molar-refractivity contribution in [1.29, 1.82) is 0 Å². The van der Waals surface area contributed by atoms with Gasteiger partial charge in [-0.15, -0.1) is 0 Å². The third-order valence-electron chi connectivity index (χ3n) is 4.71. The lowest BCUT2D eigenvalue weighted by Gasteiger charge is -2.54. The third-order valence-corrected chi connectivity index (χ3v) is 4.71. The Balaban J connectivity index is 1.76. The molecule has 0 amide bonds. The molecule has 20 heavy (non-hydrogen) atoms. The lowest BCUT2D eigenvalue weighted by atomic mass is 9.62. The molecule has 0 N–H and O–H groups in total. The summed E-state index contributed by atoms with van der Waals surface area (Å²) in [6, 6.07) is 9.91. The van der Waals surface area contributed by atoms with Crippen LogP contribution in [0.2, 0.25) is 0 Å². The maximum Gasteiger partial charge on any atom is 0.182 e. The van der Waals surface area contributed by atoms with Gasteiger partial charge in [-0.1, -0.05) is 38.5 Å². The molecule has 108 valence electrons. The molecule has 2 aliphatic rings. The van der Waals surface area contributed by atoms with Crippen molar-refractivity contribution in [2.45, 2.75) is 45.3 Å². The zero-order valence-corrected chi connectivity index (χ0v) is 12.3. The Bertz CT molecular complexity index is 477. The molecule has 1 heterocycles. The standard InChI is InChI=1S/C17H23NO2/c1-17(2)15(18-11-7-4-8-12-18)14(16(17)19)20-13-9-5-3-6-10-13/h3,5-6,9-10,14-15H,4,7-8,11-12H2,1-2H3. The van der Waals surface area contributed by atoms with Crippen molar-refractivity contribution in [2.75, 3.05) is 13.1 Å². The van der Waals surface area contributed by atoms with Crippen molar-refractivity contribution in [3.05, 3.63) is 30.3 Å². The second-order valence-corrected chi connectivity index (χ2v) is 6.48. The van der Waals surface area contributed by atoms with Gasteiger partial charge in [-0.3, -0.25) is 9.69 Å². The molecule has 0 bridgehead atoms. The van der Waals surface area contributed by atoms with Gasteiger partial charge in [0.15, 0.2) is 11.9 Å². The fraction of sp³-hybridized carbons (Fsp3) is 0.588. The maximum atomic E-state index is 12.4. The number of piperidine rings is 1. The predicted molar refractivity (Wildman–Crippen MR) is 78.9 cm³/mol. The number of ether oxygens (including phenoxy) is 1. The molecule has 1 saturated carbocycles. The van der Waals surface area contributed by atoms with Crippen molar-refractivity contribution in [3.8, 4) is 5.75 Å². The largest absolute Gasteiger partial charge is 0.481 e. The van der Waals surface area contributed by atoms with Gasteiger partial charge in [0.1, 0.15) is 5.75 Å². The van der Waals surface area contributed by atoms with E-state index < -0.39 is 0 Å². The molecule has 0 aromatic heterocycles. The smallest absolute Gasteiger partial charge is 0.182 e. The summed E-state index contributed by atoms with van der Waals surface area (Å²) in [5.74, 6) is 1.03. The zero-order chi connectivity index (χ0) is 14.2. The van der Waals surface area contributed by atoms with E-state index in [0.29, 0.717) is 0 Å². The molecule has 1 aromatic carbocycles. The molecule has 1 saturated heterocycles. The van der Waals surface area contributed by atoms with Gasteiger partial charge >= 0.3 is 0 Å². The molecule has 2 fully saturated rings. The third kappa shape index (κ3) is 2.24. The van der Waals surface area contributed by atoms with Crippen molar-refractivity contribution in [1.82, 2.24) is 4.90 Å². The van der Waals surface area contributed by atoms with Crippen LogP contribution in [0.5, 0.6) is 5.75 Å². The average Bonchev–Trinajstić information content (AvgIpc) is 2.48. The highest BCUT2D eigenvalue weighted by Gasteiger charge is 2.60. The van der Waals surface area contributed by atoms with E-state index >= 15 is 0 Å². The first-order valence-electron chi connectivity index (χ1n) is 7.61. The highest BCUT2D eigenvalue weighted by Crippen LogP contribution is 2.43. The molecule has 3 nitrogen and oxygen atoms in total. The molecule has 3 rings (SSSR count). The Kier molecular flexibility index (Phi) is 3.55. The minimum Gasteiger partial charge on any atom is -0.481 e. The van der Waals surface area contributed by atoms with Gasteiger partial charge in [0.2, 0.25) is 0 Å². The molecule has 2 atom stereocenters. The minimum absolute atomic E-state index is 0.218. The summed E-state index contributed by atoms with van der Waals surface area (Å²) < 4.78 is 5.97. The minimum atomic E-state index is -0.300. The highest BCUT2D eigenvalue weighted by molar-refractivity contribution is 5.97. The topological polar surface area (TPSA) is 29.5 Å². The molecule has 0 spiro atoms. The number of benzene rings is 1. The number of ketones is 1. The first-order chi connectivity index (χ1) is 9.60. The van der Waals surface area contributed by atoms with Crippen LogP contribution in [0.1, 0.15) is 33.1 Å². The Morgan fingerprint density at radius 2 is 1.75 bits per heavy atom. The first-order valence-corrected chi connectivity index (χ1v) is 7.61. The number of para-hydroxylation sites is 1. The Labute approximate surface area is 120 Å². The fourth-order valence-corrected chi connectivity index (χ4v) is 3.55. The number of carbonyl (C=O) groups is 1. The van der Waals surface area contributed by atoms with Crippen LogP contribution in [0.4, 0.5) is 0 Å². The van der Waals surface area contributed by atoms with Crippen LogP contribution < -0.4 is 4.74 Å². The molecular weight excluding hydrogens is 250 g/mol. The number of hydrogen-bond acceptors (Lipinski definition) is 3. The fourth-order valence-electron chi connectivity index (χ4n) is 3.55. The summed E-state index contributed by atoms with van der Waals surface area (Å²) >= 11 is 0. The van der Waals surface area contributed by atoms with Gasteiger partial charge in [0.25, 0.3) is 0 Å². The second-order valence-electron chi connectivity index (χ2n) is 6.48. The van der Waals surface area contributed by atoms with Crippen LogP contribution in [-0.4, -0.2) is 35.9 Å². The molecule has 0 radical (unpaired) electrons. The van der Waals surface area contributed by atoms with Crippen molar-refractivity contribution in [2.24, 2.45) is 5.41 Å². The number of rotatable bonds is 3. The van der Waals surface area contributed by atoms with Gasteiger partial charge in [0, 0.05) is 5.41 Å². The lowest BCUT2D eigenvalue weighted by molar-refractivity contribution is -0.166. The van der Waals surface area contributed by atoms with Crippen molar-refractivity contribution >= 4 is 5.78 Å². The summed E-state index contributed by atoms with van der Waals surface area (Å²) in [6.45, 7) is 6.30. The summed E-state index contributed by atoms with van der Waals surface area (Å²) in [4.78, 5) is 14.8. The SMILES string of the molecule is CC1(C)C(=O)C(Oc2ccccc2)C1N1CCCCC1. The Morgan fingerprint density at radius 1 is 1.10 bits per heavy atom. The maximum absolute atomic E-state index is 12.4. The van der Waals surface area contributed by atoms with Gasteiger partial charge < -0.3 is 4.74 Å². The van der Waals surface area contributed by atoms with Crippen LogP contribution in [0.15, 0.2) is 30.3 Å². The van der Waals surface area contributed by atoms with Crippen molar-refractivity contribution in [3.63, 3.8) is 0 Å². The molecule has 1 aliphatic carbocycles. The Hall–Kier alpha value is -1.35. The molecule has 3 heteroatoms. The lowest BCUT2D eigenvalue weighted by Crippen LogP contribution is -2.71. The zero-order valence-electron chi connectivity index (χ0n) is 12.3. The average molecular weight is 273 g/mol. The summed E-state index contributed by atoms with van der Waals surface area (Å²) in [5.41, 5.74) is -0.281. The van der Waals surface area contributed by atoms with E-state index in [4.69, 9.17) is 4.74 Å². The Morgan fingerprint density at radius 3 is 2.40 bits per heavy atom. The monoisotopic (exact) mass is 273 g/mol. The number of hydrogen-bond donors (Lipinski definition) is 0. The van der Waals surface area contributed by atoms with Crippen LogP contribution in [0.3, 0.4) is 0 Å². The molecular formula is C17H23NO2. The van der Waals surface area contributed by atoms with Gasteiger partial charge in [-0.05, 0) is 38.1 Å². The van der Waals surface area contributed by atoms with Crippen LogP contribution in [0.25, 0.3) is 0 Å². The van der Waals surface area contributed by atoms with E-state index in [9.17, 15) is 4.79 Å². The van der Waals surface area contributed by atoms with Crippen LogP contribution >= 0.6 is 0 Å². The van der Waals surface area contributed by atoms with Crippen LogP contribution in [-0.2, 0) is 4.79 Å². The molecule has 1 aromatic rings. The summed E-state index contributed by atoms with van der Waals surface area (Å²) in [6.07, 6.45) is 3.48. The molecule has 1 aliphatic heterocycles. The van der Waals surface area contributed by atoms with E-state index in [1.54, 1.807) is 0 Å². The van der Waals surface area contributed by atoms with E-state index in [1.807, 2.05) is 30.3 Å². The van der Waals surface area contributed by atoms with E-state index in [2.05, 4.69) is 18.7 Å². The van der Waals surface area contributed by atoms with Crippen LogP contribution in [0, 0.1) is 5.41 Å². The number of likely N-dealkylation sites (tertiary alicyclic amines) is 1. The normalized spacial score (nSPS) is 29.8. The van der Waals surface area contributed by atoms with E-state index in [0.717, 1.165) is 18.8 Å². The number of nitrogens with zero attached hydrogens (tertiary/aromatic N) is 1. The van der Waals surface area contributed by atoms with E-state index in [1.165, 1.54) is 19.3 Å². The quantitative estimate of drug-likeness (QED) is 0.848. The first kappa shape index (κ1) is 13.6. The van der Waals surface area contributed by atoms with E-state index in [-0.39, 0.29) is 23.3 Å². The summed E-state index contributed by atoms with van der Waals surface area (Å²) in [5, 5.41) is 0. The summed E-state index contributed by atoms with van der Waals surface area (Å²) in [7, 11) is 0. The van der Waals surface area contributed by atoms with Gasteiger partial charge in [-0.2, -0.15) is 0 Å². The predicted octanol–water partition coefficient (Wildman–Crippen LogP) is 2.90. The van der Waals surface area contributed by atoms with Gasteiger partial charge in [0.05, 0.1) is 6.04 Å². The van der Waals surface area contributed by atoms with Crippen molar-refractivity contribution < 1.29 is 9.53 Å². The number of Topliss-reactive ketones (excluding diaryl/α,β-unsaturated/α-hetero) is 1. The van der Waals surface area contributed by atoms with Gasteiger partial charge in [-0.25, -0.2) is 0 Å². The second kappa shape index (κ2) is 5.21.